The van der Waals surface area contributed by atoms with Crippen LogP contribution in [0.4, 0.5) is 0 Å². The van der Waals surface area contributed by atoms with Gasteiger partial charge < -0.3 is 5.32 Å². The minimum atomic E-state index is 0.538. The van der Waals surface area contributed by atoms with Crippen LogP contribution in [0.5, 0.6) is 0 Å². The first-order valence-corrected chi connectivity index (χ1v) is 9.02. The molecule has 106 valence electrons. The fourth-order valence-electron chi connectivity index (χ4n) is 2.81. The van der Waals surface area contributed by atoms with Crippen LogP contribution in [0.15, 0.2) is 39.9 Å². The molecule has 2 atom stereocenters. The Morgan fingerprint density at radius 1 is 1.25 bits per heavy atom. The lowest BCUT2D eigenvalue weighted by Gasteiger charge is -2.27. The molecule has 0 radical (unpaired) electrons. The second-order valence-corrected chi connectivity index (χ2v) is 8.13. The maximum atomic E-state index is 3.76. The Balaban J connectivity index is 1.61. The third-order valence-electron chi connectivity index (χ3n) is 3.96. The molecule has 2 aromatic rings. The first kappa shape index (κ1) is 14.2. The number of benzene rings is 1. The minimum absolute atomic E-state index is 0.538. The highest BCUT2D eigenvalue weighted by Crippen LogP contribution is 2.43. The lowest BCUT2D eigenvalue weighted by atomic mass is 10.0. The van der Waals surface area contributed by atoms with E-state index in [1.165, 1.54) is 27.3 Å². The minimum Gasteiger partial charge on any atom is -0.309 e. The van der Waals surface area contributed by atoms with Crippen molar-refractivity contribution < 1.29 is 0 Å². The topological polar surface area (TPSA) is 12.0 Å². The Labute approximate surface area is 129 Å². The van der Waals surface area contributed by atoms with Crippen molar-refractivity contribution in [3.63, 3.8) is 0 Å². The van der Waals surface area contributed by atoms with E-state index in [2.05, 4.69) is 54.9 Å². The molecule has 0 fully saturated rings. The van der Waals surface area contributed by atoms with E-state index in [0.717, 1.165) is 18.2 Å². The zero-order chi connectivity index (χ0) is 13.9. The Morgan fingerprint density at radius 3 is 2.95 bits per heavy atom. The van der Waals surface area contributed by atoms with E-state index in [-0.39, 0.29) is 0 Å². The largest absolute Gasteiger partial charge is 0.309 e. The van der Waals surface area contributed by atoms with Crippen LogP contribution in [0.3, 0.4) is 0 Å². The number of thiophene rings is 1. The van der Waals surface area contributed by atoms with Gasteiger partial charge in [-0.25, -0.2) is 0 Å². The van der Waals surface area contributed by atoms with E-state index in [4.69, 9.17) is 0 Å². The van der Waals surface area contributed by atoms with Gasteiger partial charge in [0.05, 0.1) is 4.21 Å². The highest BCUT2D eigenvalue weighted by molar-refractivity contribution is 8.01. The second-order valence-electron chi connectivity index (χ2n) is 5.51. The average molecular weight is 303 g/mol. The van der Waals surface area contributed by atoms with Gasteiger partial charge in [-0.05, 0) is 54.4 Å². The summed E-state index contributed by atoms with van der Waals surface area (Å²) in [5.74, 6) is 0. The van der Waals surface area contributed by atoms with Gasteiger partial charge >= 0.3 is 0 Å². The van der Waals surface area contributed by atoms with Gasteiger partial charge in [-0.15, -0.1) is 23.1 Å². The van der Waals surface area contributed by atoms with Crippen LogP contribution >= 0.6 is 23.1 Å². The van der Waals surface area contributed by atoms with Gasteiger partial charge in [0.25, 0.3) is 0 Å². The molecule has 1 N–H and O–H groups in total. The molecule has 0 amide bonds. The molecule has 1 aliphatic rings. The lowest BCUT2D eigenvalue weighted by Crippen LogP contribution is -2.28. The summed E-state index contributed by atoms with van der Waals surface area (Å²) in [5.41, 5.74) is 4.38. The first-order chi connectivity index (χ1) is 9.74. The molecule has 0 aliphatic carbocycles. The number of hydrogen-bond acceptors (Lipinski definition) is 3. The van der Waals surface area contributed by atoms with Crippen molar-refractivity contribution in [3.8, 4) is 0 Å². The molecule has 3 heteroatoms. The summed E-state index contributed by atoms with van der Waals surface area (Å²) in [4.78, 5) is 0. The normalized spacial score (nSPS) is 21.7. The van der Waals surface area contributed by atoms with Crippen LogP contribution < -0.4 is 5.32 Å². The van der Waals surface area contributed by atoms with Gasteiger partial charge in [0, 0.05) is 11.3 Å². The van der Waals surface area contributed by atoms with Crippen molar-refractivity contribution in [2.45, 2.75) is 42.2 Å². The first-order valence-electron chi connectivity index (χ1n) is 7.26. The van der Waals surface area contributed by atoms with Gasteiger partial charge in [-0.1, -0.05) is 31.2 Å². The molecule has 1 nitrogen and oxygen atoms in total. The van der Waals surface area contributed by atoms with Crippen LogP contribution in [0.25, 0.3) is 0 Å². The Hall–Kier alpha value is -0.770. The molecule has 1 aromatic carbocycles. The van der Waals surface area contributed by atoms with Crippen LogP contribution in [0.1, 0.15) is 36.1 Å². The van der Waals surface area contributed by atoms with Crippen LogP contribution in [0.2, 0.25) is 0 Å². The smallest absolute Gasteiger partial charge is 0.0649 e. The quantitative estimate of drug-likeness (QED) is 0.869. The van der Waals surface area contributed by atoms with E-state index in [0.29, 0.717) is 6.04 Å². The third kappa shape index (κ3) is 3.11. The zero-order valence-electron chi connectivity index (χ0n) is 12.1. The van der Waals surface area contributed by atoms with E-state index in [9.17, 15) is 0 Å². The van der Waals surface area contributed by atoms with E-state index >= 15 is 0 Å². The van der Waals surface area contributed by atoms with E-state index in [1.54, 1.807) is 0 Å². The highest BCUT2D eigenvalue weighted by Gasteiger charge is 2.25. The van der Waals surface area contributed by atoms with Crippen molar-refractivity contribution in [2.24, 2.45) is 0 Å². The van der Waals surface area contributed by atoms with Crippen LogP contribution in [0, 0.1) is 6.92 Å². The summed E-state index contributed by atoms with van der Waals surface area (Å²) in [6.07, 6.45) is 2.35. The highest BCUT2D eigenvalue weighted by atomic mass is 32.2. The van der Waals surface area contributed by atoms with Gasteiger partial charge in [0.15, 0.2) is 0 Å². The molecule has 3 rings (SSSR count). The summed E-state index contributed by atoms with van der Waals surface area (Å²) >= 11 is 3.92. The Bertz CT molecular complexity index is 576. The molecule has 0 bridgehead atoms. The van der Waals surface area contributed by atoms with Crippen molar-refractivity contribution in [2.75, 3.05) is 6.54 Å². The number of nitrogens with one attached hydrogen (secondary N) is 1. The monoisotopic (exact) mass is 303 g/mol. The summed E-state index contributed by atoms with van der Waals surface area (Å²) in [7, 11) is 0. The number of rotatable bonds is 4. The fourth-order valence-corrected chi connectivity index (χ4v) is 5.38. The molecule has 1 aliphatic heterocycles. The maximum absolute atomic E-state index is 3.76. The number of aryl methyl sites for hydroxylation is 1. The van der Waals surface area contributed by atoms with Crippen LogP contribution in [-0.2, 0) is 6.42 Å². The Kier molecular flexibility index (Phi) is 4.49. The number of thioether (sulfide) groups is 1. The average Bonchev–Trinajstić information content (AvgIpc) is 2.89. The molecular formula is C17H21NS2. The SMILES string of the molecule is Cc1ccccc1CCNC1C[C@H](C)Sc2sccc21. The van der Waals surface area contributed by atoms with Crippen molar-refractivity contribution in [1.29, 1.82) is 0 Å². The molecule has 1 aromatic heterocycles. The molecule has 0 spiro atoms. The fraction of sp³-hybridized carbons (Fsp3) is 0.412. The Morgan fingerprint density at radius 2 is 2.10 bits per heavy atom. The van der Waals surface area contributed by atoms with Crippen LogP contribution in [-0.4, -0.2) is 11.8 Å². The van der Waals surface area contributed by atoms with Gasteiger partial charge in [-0.3, -0.25) is 0 Å². The van der Waals surface area contributed by atoms with Crippen molar-refractivity contribution in [1.82, 2.24) is 5.32 Å². The maximum Gasteiger partial charge on any atom is 0.0649 e. The predicted molar refractivity (Wildman–Crippen MR) is 89.9 cm³/mol. The molecule has 2 heterocycles. The van der Waals surface area contributed by atoms with Crippen molar-refractivity contribution >= 4 is 23.1 Å². The second kappa shape index (κ2) is 6.33. The summed E-state index contributed by atoms with van der Waals surface area (Å²) in [6.45, 7) is 5.59. The molecule has 0 saturated heterocycles. The summed E-state index contributed by atoms with van der Waals surface area (Å²) < 4.78 is 1.51. The molecule has 1 unspecified atom stereocenters. The van der Waals surface area contributed by atoms with Gasteiger partial charge in [0.1, 0.15) is 0 Å². The zero-order valence-corrected chi connectivity index (χ0v) is 13.7. The number of hydrogen-bond donors (Lipinski definition) is 1. The van der Waals surface area contributed by atoms with Gasteiger partial charge in [-0.2, -0.15) is 0 Å². The van der Waals surface area contributed by atoms with Gasteiger partial charge in [0.2, 0.25) is 0 Å². The third-order valence-corrected chi connectivity index (χ3v) is 6.30. The lowest BCUT2D eigenvalue weighted by molar-refractivity contribution is 0.492. The summed E-state index contributed by atoms with van der Waals surface area (Å²) in [6, 6.07) is 11.5. The van der Waals surface area contributed by atoms with E-state index < -0.39 is 0 Å². The molecule has 0 saturated carbocycles. The molecular weight excluding hydrogens is 282 g/mol. The summed E-state index contributed by atoms with van der Waals surface area (Å²) in [5, 5.41) is 6.71. The molecule has 20 heavy (non-hydrogen) atoms. The number of fused-ring (bicyclic) bond motifs is 1. The van der Waals surface area contributed by atoms with E-state index in [1.807, 2.05) is 23.1 Å². The predicted octanol–water partition coefficient (Wildman–Crippen LogP) is 4.81. The standard InChI is InChI=1S/C17H21NS2/c1-12-5-3-4-6-14(12)7-9-18-16-11-13(2)20-17-15(16)8-10-19-17/h3-6,8,10,13,16,18H,7,9,11H2,1-2H3/t13-,16?/m0/s1. The van der Waals surface area contributed by atoms with Crippen molar-refractivity contribution in [3.05, 3.63) is 52.4 Å².